The van der Waals surface area contributed by atoms with Gasteiger partial charge in [-0.15, -0.1) is 11.3 Å². The van der Waals surface area contributed by atoms with Crippen LogP contribution in [0.1, 0.15) is 19.5 Å². The summed E-state index contributed by atoms with van der Waals surface area (Å²) in [6.45, 7) is 4.22. The van der Waals surface area contributed by atoms with Gasteiger partial charge in [-0.25, -0.2) is 4.98 Å². The Labute approximate surface area is 126 Å². The molecule has 18 heavy (non-hydrogen) atoms. The second-order valence-corrected chi connectivity index (χ2v) is 7.64. The first kappa shape index (κ1) is 14.0. The number of aromatic amines is 1. The maximum atomic E-state index is 11.6. The van der Waals surface area contributed by atoms with E-state index in [9.17, 15) is 4.79 Å². The SMILES string of the molecule is CC(C)Cc1cc(=O)[nH]c(-c2cc(Br)c(Br)s2)n1. The van der Waals surface area contributed by atoms with E-state index in [-0.39, 0.29) is 5.56 Å². The van der Waals surface area contributed by atoms with Crippen molar-refractivity contribution in [3.8, 4) is 10.7 Å². The van der Waals surface area contributed by atoms with Crippen molar-refractivity contribution in [3.63, 3.8) is 0 Å². The van der Waals surface area contributed by atoms with Gasteiger partial charge in [0, 0.05) is 16.2 Å². The smallest absolute Gasteiger partial charge is 0.251 e. The molecular formula is C12H12Br2N2OS. The topological polar surface area (TPSA) is 45.8 Å². The summed E-state index contributed by atoms with van der Waals surface area (Å²) in [5.41, 5.74) is 0.737. The molecule has 1 N–H and O–H groups in total. The van der Waals surface area contributed by atoms with Crippen LogP contribution in [0.3, 0.4) is 0 Å². The van der Waals surface area contributed by atoms with E-state index in [1.165, 1.54) is 0 Å². The number of nitrogens with one attached hydrogen (secondary N) is 1. The Morgan fingerprint density at radius 1 is 1.39 bits per heavy atom. The summed E-state index contributed by atoms with van der Waals surface area (Å²) in [7, 11) is 0. The van der Waals surface area contributed by atoms with Crippen molar-refractivity contribution >= 4 is 43.2 Å². The van der Waals surface area contributed by atoms with Gasteiger partial charge in [0.05, 0.1) is 8.66 Å². The van der Waals surface area contributed by atoms with E-state index < -0.39 is 0 Å². The minimum absolute atomic E-state index is 0.101. The molecule has 0 saturated carbocycles. The third-order valence-corrected chi connectivity index (χ3v) is 5.55. The second-order valence-electron chi connectivity index (χ2n) is 4.42. The van der Waals surface area contributed by atoms with Gasteiger partial charge in [0.2, 0.25) is 0 Å². The minimum Gasteiger partial charge on any atom is -0.306 e. The summed E-state index contributed by atoms with van der Waals surface area (Å²) in [5, 5.41) is 0. The first-order valence-corrected chi connectivity index (χ1v) is 7.91. The third kappa shape index (κ3) is 3.30. The molecule has 0 fully saturated rings. The standard InChI is InChI=1S/C12H12Br2N2OS/c1-6(2)3-7-4-10(17)16-12(15-7)9-5-8(13)11(14)18-9/h4-6H,3H2,1-2H3,(H,15,16,17). The Bertz CT molecular complexity index is 599. The molecule has 2 aromatic rings. The average Bonchev–Trinajstić information content (AvgIpc) is 2.57. The van der Waals surface area contributed by atoms with Gasteiger partial charge in [-0.1, -0.05) is 13.8 Å². The van der Waals surface area contributed by atoms with E-state index in [0.29, 0.717) is 11.7 Å². The molecule has 2 aromatic heterocycles. The van der Waals surface area contributed by atoms with Gasteiger partial charge in [0.15, 0.2) is 5.82 Å². The van der Waals surface area contributed by atoms with E-state index in [0.717, 1.165) is 25.3 Å². The molecule has 0 radical (unpaired) electrons. The molecule has 0 spiro atoms. The summed E-state index contributed by atoms with van der Waals surface area (Å²) < 4.78 is 1.97. The highest BCUT2D eigenvalue weighted by Gasteiger charge is 2.10. The van der Waals surface area contributed by atoms with Crippen molar-refractivity contribution in [2.45, 2.75) is 20.3 Å². The van der Waals surface area contributed by atoms with E-state index in [1.807, 2.05) is 6.07 Å². The van der Waals surface area contributed by atoms with Crippen molar-refractivity contribution in [1.82, 2.24) is 9.97 Å². The maximum Gasteiger partial charge on any atom is 0.251 e. The summed E-state index contributed by atoms with van der Waals surface area (Å²) in [6, 6.07) is 3.52. The lowest BCUT2D eigenvalue weighted by molar-refractivity contribution is 0.634. The van der Waals surface area contributed by atoms with Gasteiger partial charge in [-0.2, -0.15) is 0 Å². The monoisotopic (exact) mass is 390 g/mol. The summed E-state index contributed by atoms with van der Waals surface area (Å²) in [4.78, 5) is 19.9. The van der Waals surface area contributed by atoms with Crippen LogP contribution in [0.2, 0.25) is 0 Å². The molecule has 0 bridgehead atoms. The average molecular weight is 392 g/mol. The largest absolute Gasteiger partial charge is 0.306 e. The number of hydrogen-bond donors (Lipinski definition) is 1. The first-order valence-electron chi connectivity index (χ1n) is 5.51. The molecule has 0 aliphatic carbocycles. The van der Waals surface area contributed by atoms with E-state index in [2.05, 4.69) is 55.7 Å². The lowest BCUT2D eigenvalue weighted by Crippen LogP contribution is -2.11. The summed E-state index contributed by atoms with van der Waals surface area (Å²) in [6.07, 6.45) is 0.810. The Kier molecular flexibility index (Phi) is 4.40. The number of hydrogen-bond acceptors (Lipinski definition) is 3. The van der Waals surface area contributed by atoms with Crippen LogP contribution < -0.4 is 5.56 Å². The van der Waals surface area contributed by atoms with Crippen LogP contribution in [-0.2, 0) is 6.42 Å². The molecule has 0 aliphatic rings. The fourth-order valence-electron chi connectivity index (χ4n) is 1.61. The molecule has 0 saturated heterocycles. The zero-order valence-electron chi connectivity index (χ0n) is 9.96. The molecule has 0 amide bonds. The molecule has 2 rings (SSSR count). The van der Waals surface area contributed by atoms with Gasteiger partial charge in [0.1, 0.15) is 0 Å². The Morgan fingerprint density at radius 2 is 2.11 bits per heavy atom. The van der Waals surface area contributed by atoms with E-state index in [4.69, 9.17) is 0 Å². The maximum absolute atomic E-state index is 11.6. The van der Waals surface area contributed by atoms with Crippen molar-refractivity contribution < 1.29 is 0 Å². The van der Waals surface area contributed by atoms with Crippen LogP contribution >= 0.6 is 43.2 Å². The van der Waals surface area contributed by atoms with Gasteiger partial charge < -0.3 is 4.98 Å². The number of rotatable bonds is 3. The zero-order chi connectivity index (χ0) is 13.3. The van der Waals surface area contributed by atoms with Crippen LogP contribution in [0.25, 0.3) is 10.7 Å². The highest BCUT2D eigenvalue weighted by molar-refractivity contribution is 9.13. The van der Waals surface area contributed by atoms with Crippen molar-refractivity contribution in [3.05, 3.63) is 36.4 Å². The zero-order valence-corrected chi connectivity index (χ0v) is 13.9. The summed E-state index contributed by atoms with van der Waals surface area (Å²) in [5.74, 6) is 1.11. The fraction of sp³-hybridized carbons (Fsp3) is 0.333. The molecule has 0 aliphatic heterocycles. The molecule has 0 unspecified atom stereocenters. The molecule has 6 heteroatoms. The number of H-pyrrole nitrogens is 1. The lowest BCUT2D eigenvalue weighted by atomic mass is 10.1. The quantitative estimate of drug-likeness (QED) is 0.851. The molecule has 2 heterocycles. The van der Waals surface area contributed by atoms with Crippen LogP contribution in [-0.4, -0.2) is 9.97 Å². The normalized spacial score (nSPS) is 11.2. The highest BCUT2D eigenvalue weighted by atomic mass is 79.9. The highest BCUT2D eigenvalue weighted by Crippen LogP contribution is 2.36. The van der Waals surface area contributed by atoms with Gasteiger partial charge in [-0.05, 0) is 50.3 Å². The molecule has 0 atom stereocenters. The molecular weight excluding hydrogens is 380 g/mol. The van der Waals surface area contributed by atoms with Crippen LogP contribution in [0.15, 0.2) is 25.2 Å². The number of nitrogens with zero attached hydrogens (tertiary/aromatic N) is 1. The predicted octanol–water partition coefficient (Wildman–Crippen LogP) is 4.22. The summed E-state index contributed by atoms with van der Waals surface area (Å²) >= 11 is 8.42. The van der Waals surface area contributed by atoms with Crippen molar-refractivity contribution in [2.24, 2.45) is 5.92 Å². The Balaban J connectivity index is 2.44. The number of thiophene rings is 1. The van der Waals surface area contributed by atoms with Crippen LogP contribution in [0.5, 0.6) is 0 Å². The van der Waals surface area contributed by atoms with Crippen molar-refractivity contribution in [1.29, 1.82) is 0 Å². The third-order valence-electron chi connectivity index (χ3n) is 2.29. The Hall–Kier alpha value is -0.460. The van der Waals surface area contributed by atoms with Gasteiger partial charge >= 0.3 is 0 Å². The van der Waals surface area contributed by atoms with Crippen LogP contribution in [0.4, 0.5) is 0 Å². The fourth-order valence-corrected chi connectivity index (χ4v) is 3.59. The minimum atomic E-state index is -0.101. The van der Waals surface area contributed by atoms with Gasteiger partial charge in [-0.3, -0.25) is 4.79 Å². The molecule has 0 aromatic carbocycles. The Morgan fingerprint density at radius 3 is 2.67 bits per heavy atom. The number of halogens is 2. The second kappa shape index (κ2) is 5.67. The predicted molar refractivity (Wildman–Crippen MR) is 82.1 cm³/mol. The lowest BCUT2D eigenvalue weighted by Gasteiger charge is -2.05. The molecule has 3 nitrogen and oxygen atoms in total. The van der Waals surface area contributed by atoms with E-state index >= 15 is 0 Å². The van der Waals surface area contributed by atoms with Crippen molar-refractivity contribution in [2.75, 3.05) is 0 Å². The van der Waals surface area contributed by atoms with Crippen LogP contribution in [0, 0.1) is 5.92 Å². The molecule has 96 valence electrons. The van der Waals surface area contributed by atoms with Gasteiger partial charge in [0.25, 0.3) is 5.56 Å². The number of aromatic nitrogens is 2. The first-order chi connectivity index (χ1) is 8.45. The van der Waals surface area contributed by atoms with E-state index in [1.54, 1.807) is 17.4 Å².